The molecule has 0 bridgehead atoms. The van der Waals surface area contributed by atoms with Crippen molar-refractivity contribution in [3.05, 3.63) is 18.0 Å². The molecule has 1 aromatic rings. The van der Waals surface area contributed by atoms with E-state index in [1.807, 2.05) is 10.9 Å². The van der Waals surface area contributed by atoms with Crippen molar-refractivity contribution in [2.45, 2.75) is 52.5 Å². The number of aromatic nitrogens is 2. The molecule has 0 aliphatic carbocycles. The molecule has 15 heavy (non-hydrogen) atoms. The van der Waals surface area contributed by atoms with Gasteiger partial charge in [0.1, 0.15) is 0 Å². The molecule has 0 spiro atoms. The smallest absolute Gasteiger partial charge is 0.0521 e. The van der Waals surface area contributed by atoms with Crippen molar-refractivity contribution >= 4 is 11.6 Å². The highest BCUT2D eigenvalue weighted by atomic mass is 35.5. The molecular formula is C12H21ClN2. The molecule has 0 N–H and O–H groups in total. The van der Waals surface area contributed by atoms with Gasteiger partial charge < -0.3 is 0 Å². The van der Waals surface area contributed by atoms with E-state index in [-0.39, 0.29) is 10.8 Å². The van der Waals surface area contributed by atoms with E-state index in [0.29, 0.717) is 0 Å². The van der Waals surface area contributed by atoms with E-state index in [1.54, 1.807) is 0 Å². The molecule has 0 aliphatic heterocycles. The van der Waals surface area contributed by atoms with Crippen molar-refractivity contribution in [2.24, 2.45) is 5.41 Å². The average Bonchev–Trinajstić information content (AvgIpc) is 2.48. The first kappa shape index (κ1) is 12.6. The highest BCUT2D eigenvalue weighted by molar-refractivity contribution is 6.20. The molecule has 0 aromatic carbocycles. The number of hydrogen-bond acceptors (Lipinski definition) is 1. The predicted molar refractivity (Wildman–Crippen MR) is 65.3 cm³/mol. The zero-order valence-electron chi connectivity index (χ0n) is 10.1. The maximum Gasteiger partial charge on any atom is 0.0521 e. The fraction of sp³-hybridized carbons (Fsp3) is 0.750. The first-order valence-electron chi connectivity index (χ1n) is 5.58. The van der Waals surface area contributed by atoms with Crippen LogP contribution in [0, 0.1) is 5.41 Å². The lowest BCUT2D eigenvalue weighted by atomic mass is 9.82. The Morgan fingerprint density at radius 3 is 2.67 bits per heavy atom. The maximum atomic E-state index is 6.04. The van der Waals surface area contributed by atoms with Crippen LogP contribution in [0.15, 0.2) is 12.4 Å². The Labute approximate surface area is 97.6 Å². The second kappa shape index (κ2) is 5.02. The van der Waals surface area contributed by atoms with Gasteiger partial charge in [0.25, 0.3) is 0 Å². The van der Waals surface area contributed by atoms with E-state index in [0.717, 1.165) is 19.4 Å². The third-order valence-corrected chi connectivity index (χ3v) is 2.68. The molecule has 1 atom stereocenters. The molecule has 1 aromatic heterocycles. The average molecular weight is 229 g/mol. The van der Waals surface area contributed by atoms with Crippen molar-refractivity contribution in [1.29, 1.82) is 0 Å². The van der Waals surface area contributed by atoms with Crippen LogP contribution in [0.25, 0.3) is 0 Å². The van der Waals surface area contributed by atoms with Crippen LogP contribution in [-0.2, 0) is 13.0 Å². The Kier molecular flexibility index (Phi) is 4.21. The van der Waals surface area contributed by atoms with E-state index in [1.165, 1.54) is 5.56 Å². The number of hydrogen-bond donors (Lipinski definition) is 0. The highest BCUT2D eigenvalue weighted by Gasteiger charge is 2.21. The first-order valence-corrected chi connectivity index (χ1v) is 6.02. The Morgan fingerprint density at radius 1 is 1.53 bits per heavy atom. The molecule has 0 saturated carbocycles. The Hall–Kier alpha value is -0.500. The SMILES string of the molecule is CCn1cc(CC(C)(C)CC(C)Cl)cn1. The summed E-state index contributed by atoms with van der Waals surface area (Å²) in [6.07, 6.45) is 6.17. The van der Waals surface area contributed by atoms with Gasteiger partial charge >= 0.3 is 0 Å². The summed E-state index contributed by atoms with van der Waals surface area (Å²) in [7, 11) is 0. The second-order valence-electron chi connectivity index (χ2n) is 5.03. The number of nitrogens with zero attached hydrogens (tertiary/aromatic N) is 2. The molecule has 0 fully saturated rings. The Balaban J connectivity index is 2.59. The fourth-order valence-corrected chi connectivity index (χ4v) is 2.47. The van der Waals surface area contributed by atoms with Gasteiger partial charge in [-0.25, -0.2) is 0 Å². The van der Waals surface area contributed by atoms with Gasteiger partial charge in [-0.05, 0) is 37.7 Å². The Morgan fingerprint density at radius 2 is 2.20 bits per heavy atom. The molecule has 1 unspecified atom stereocenters. The molecule has 1 rings (SSSR count). The van der Waals surface area contributed by atoms with Gasteiger partial charge in [0.15, 0.2) is 0 Å². The van der Waals surface area contributed by atoms with Gasteiger partial charge in [-0.1, -0.05) is 13.8 Å². The van der Waals surface area contributed by atoms with Gasteiger partial charge in [-0.3, -0.25) is 4.68 Å². The first-order chi connectivity index (χ1) is 6.93. The molecule has 0 saturated heterocycles. The van der Waals surface area contributed by atoms with Crippen LogP contribution in [0.3, 0.4) is 0 Å². The molecule has 3 heteroatoms. The summed E-state index contributed by atoms with van der Waals surface area (Å²) in [4.78, 5) is 0. The van der Waals surface area contributed by atoms with Crippen molar-refractivity contribution in [2.75, 3.05) is 0 Å². The molecule has 2 nitrogen and oxygen atoms in total. The van der Waals surface area contributed by atoms with Gasteiger partial charge in [-0.2, -0.15) is 5.10 Å². The molecule has 0 aliphatic rings. The third kappa shape index (κ3) is 4.25. The van der Waals surface area contributed by atoms with Crippen LogP contribution in [0.4, 0.5) is 0 Å². The molecule has 1 heterocycles. The number of aryl methyl sites for hydroxylation is 1. The Bertz CT molecular complexity index is 302. The summed E-state index contributed by atoms with van der Waals surface area (Å²) < 4.78 is 1.97. The lowest BCUT2D eigenvalue weighted by Gasteiger charge is -2.25. The molecule has 0 amide bonds. The molecule has 86 valence electrons. The minimum Gasteiger partial charge on any atom is -0.273 e. The van der Waals surface area contributed by atoms with Crippen LogP contribution in [-0.4, -0.2) is 15.2 Å². The summed E-state index contributed by atoms with van der Waals surface area (Å²) in [5, 5.41) is 4.52. The fourth-order valence-electron chi connectivity index (χ4n) is 2.06. The van der Waals surface area contributed by atoms with Crippen LogP contribution in [0.2, 0.25) is 0 Å². The normalized spacial score (nSPS) is 14.2. The minimum atomic E-state index is 0.237. The molecule has 0 radical (unpaired) electrons. The van der Waals surface area contributed by atoms with Gasteiger partial charge in [-0.15, -0.1) is 11.6 Å². The van der Waals surface area contributed by atoms with Crippen LogP contribution < -0.4 is 0 Å². The number of alkyl halides is 1. The summed E-state index contributed by atoms with van der Waals surface area (Å²) in [6, 6.07) is 0. The summed E-state index contributed by atoms with van der Waals surface area (Å²) in [5.41, 5.74) is 1.56. The van der Waals surface area contributed by atoms with Crippen molar-refractivity contribution in [3.63, 3.8) is 0 Å². The lowest BCUT2D eigenvalue weighted by molar-refractivity contribution is 0.331. The van der Waals surface area contributed by atoms with E-state index in [4.69, 9.17) is 11.6 Å². The predicted octanol–water partition coefficient (Wildman–Crippen LogP) is 3.49. The zero-order chi connectivity index (χ0) is 11.5. The van der Waals surface area contributed by atoms with Crippen LogP contribution in [0.5, 0.6) is 0 Å². The molecular weight excluding hydrogens is 208 g/mol. The number of rotatable bonds is 5. The van der Waals surface area contributed by atoms with Crippen molar-refractivity contribution < 1.29 is 0 Å². The third-order valence-electron chi connectivity index (χ3n) is 2.53. The monoisotopic (exact) mass is 228 g/mol. The van der Waals surface area contributed by atoms with E-state index < -0.39 is 0 Å². The standard InChI is InChI=1S/C12H21ClN2/c1-5-15-9-11(8-14-15)7-12(3,4)6-10(2)13/h8-10H,5-7H2,1-4H3. The van der Waals surface area contributed by atoms with E-state index >= 15 is 0 Å². The quantitative estimate of drug-likeness (QED) is 0.706. The minimum absolute atomic E-state index is 0.237. The van der Waals surface area contributed by atoms with E-state index in [9.17, 15) is 0 Å². The van der Waals surface area contributed by atoms with Crippen molar-refractivity contribution in [1.82, 2.24) is 9.78 Å². The zero-order valence-corrected chi connectivity index (χ0v) is 10.9. The number of halogens is 1. The van der Waals surface area contributed by atoms with Gasteiger partial charge in [0, 0.05) is 18.1 Å². The summed E-state index contributed by atoms with van der Waals surface area (Å²) in [5.74, 6) is 0. The topological polar surface area (TPSA) is 17.8 Å². The summed E-state index contributed by atoms with van der Waals surface area (Å²) in [6.45, 7) is 9.61. The van der Waals surface area contributed by atoms with Gasteiger partial charge in [0.05, 0.1) is 6.20 Å². The van der Waals surface area contributed by atoms with Gasteiger partial charge in [0.2, 0.25) is 0 Å². The van der Waals surface area contributed by atoms with Crippen molar-refractivity contribution in [3.8, 4) is 0 Å². The highest BCUT2D eigenvalue weighted by Crippen LogP contribution is 2.28. The van der Waals surface area contributed by atoms with Crippen LogP contribution in [0.1, 0.15) is 39.7 Å². The lowest BCUT2D eigenvalue weighted by Crippen LogP contribution is -2.18. The van der Waals surface area contributed by atoms with E-state index in [2.05, 4.69) is 39.0 Å². The summed E-state index contributed by atoms with van der Waals surface area (Å²) >= 11 is 6.04. The largest absolute Gasteiger partial charge is 0.273 e. The van der Waals surface area contributed by atoms with Crippen LogP contribution >= 0.6 is 11.6 Å². The second-order valence-corrected chi connectivity index (χ2v) is 5.78. The maximum absolute atomic E-state index is 6.04.